The summed E-state index contributed by atoms with van der Waals surface area (Å²) in [5.74, 6) is -0.0124. The van der Waals surface area contributed by atoms with E-state index in [1.54, 1.807) is 0 Å². The predicted octanol–water partition coefficient (Wildman–Crippen LogP) is 3.38. The van der Waals surface area contributed by atoms with Crippen molar-refractivity contribution in [1.29, 1.82) is 5.26 Å². The van der Waals surface area contributed by atoms with Crippen molar-refractivity contribution in [2.45, 2.75) is 51.1 Å². The van der Waals surface area contributed by atoms with Crippen molar-refractivity contribution in [3.63, 3.8) is 0 Å². The summed E-state index contributed by atoms with van der Waals surface area (Å²) in [5, 5.41) is 12.4. The van der Waals surface area contributed by atoms with Crippen LogP contribution in [0.3, 0.4) is 0 Å². The Morgan fingerprint density at radius 3 is 2.81 bits per heavy atom. The van der Waals surface area contributed by atoms with Crippen LogP contribution in [-0.4, -0.2) is 48.1 Å². The number of hydrogen-bond acceptors (Lipinski definition) is 3. The van der Waals surface area contributed by atoms with Gasteiger partial charge >= 0.3 is 6.03 Å². The number of likely N-dealkylation sites (tertiary alicyclic amines) is 2. The number of amides is 2. The third kappa shape index (κ3) is 4.11. The number of rotatable bonds is 3. The summed E-state index contributed by atoms with van der Waals surface area (Å²) in [5.41, 5.74) is 1.61. The molecule has 144 valence electrons. The molecule has 1 spiro atoms. The van der Waals surface area contributed by atoms with Crippen LogP contribution >= 0.6 is 0 Å². The van der Waals surface area contributed by atoms with Crippen LogP contribution in [0.4, 0.5) is 4.79 Å². The summed E-state index contributed by atoms with van der Waals surface area (Å²) in [6.45, 7) is 4.93. The number of nitriles is 1. The summed E-state index contributed by atoms with van der Waals surface area (Å²) in [6.07, 6.45) is 6.42. The largest absolute Gasteiger partial charge is 0.334 e. The lowest BCUT2D eigenvalue weighted by molar-refractivity contribution is 0.0895. The minimum absolute atomic E-state index is 0.0124. The lowest BCUT2D eigenvalue weighted by Crippen LogP contribution is -2.48. The molecule has 1 aliphatic carbocycles. The summed E-state index contributed by atoms with van der Waals surface area (Å²) >= 11 is 0. The van der Waals surface area contributed by atoms with E-state index < -0.39 is 0 Å². The molecule has 3 unspecified atom stereocenters. The first-order chi connectivity index (χ1) is 13.2. The van der Waals surface area contributed by atoms with Gasteiger partial charge in [-0.3, -0.25) is 4.90 Å². The molecule has 4 rings (SSSR count). The van der Waals surface area contributed by atoms with E-state index in [0.717, 1.165) is 58.4 Å². The monoisotopic (exact) mass is 366 g/mol. The van der Waals surface area contributed by atoms with E-state index in [9.17, 15) is 10.1 Å². The van der Waals surface area contributed by atoms with Gasteiger partial charge in [0.15, 0.2) is 0 Å². The number of benzene rings is 1. The van der Waals surface area contributed by atoms with Gasteiger partial charge in [0.2, 0.25) is 0 Å². The maximum Gasteiger partial charge on any atom is 0.317 e. The molecule has 1 aromatic rings. The molecule has 2 saturated heterocycles. The Kier molecular flexibility index (Phi) is 5.36. The van der Waals surface area contributed by atoms with Crippen molar-refractivity contribution in [3.05, 3.63) is 35.9 Å². The molecule has 5 heteroatoms. The average Bonchev–Trinajstić information content (AvgIpc) is 3.30. The highest BCUT2D eigenvalue weighted by atomic mass is 16.2. The first-order valence-corrected chi connectivity index (χ1v) is 10.4. The number of carbonyl (C=O) groups excluding carboxylic acids is 1. The molecule has 27 heavy (non-hydrogen) atoms. The fraction of sp³-hybridized carbons (Fsp3) is 0.636. The maximum absolute atomic E-state index is 12.8. The van der Waals surface area contributed by atoms with E-state index in [0.29, 0.717) is 0 Å². The molecule has 3 fully saturated rings. The van der Waals surface area contributed by atoms with Gasteiger partial charge in [0.05, 0.1) is 12.0 Å². The van der Waals surface area contributed by atoms with Gasteiger partial charge in [0, 0.05) is 37.6 Å². The SMILES string of the molecule is N#CC1CCCC1NC(=O)N1CCC2(CCCN(Cc3ccccc3)C2)C1. The fourth-order valence-corrected chi connectivity index (χ4v) is 5.27. The van der Waals surface area contributed by atoms with Crippen LogP contribution in [0.2, 0.25) is 0 Å². The zero-order valence-corrected chi connectivity index (χ0v) is 16.1. The Balaban J connectivity index is 1.33. The summed E-state index contributed by atoms with van der Waals surface area (Å²) in [6, 6.07) is 13.1. The normalized spacial score (nSPS) is 31.1. The average molecular weight is 367 g/mol. The molecule has 3 atom stereocenters. The van der Waals surface area contributed by atoms with Crippen molar-refractivity contribution in [2.75, 3.05) is 26.2 Å². The molecule has 3 aliphatic rings. The highest BCUT2D eigenvalue weighted by molar-refractivity contribution is 5.75. The Labute approximate surface area is 162 Å². The van der Waals surface area contributed by atoms with Gasteiger partial charge < -0.3 is 10.2 Å². The smallest absolute Gasteiger partial charge is 0.317 e. The molecule has 1 N–H and O–H groups in total. The number of piperidine rings is 1. The Hall–Kier alpha value is -2.06. The molecule has 0 bridgehead atoms. The minimum Gasteiger partial charge on any atom is -0.334 e. The van der Waals surface area contributed by atoms with Gasteiger partial charge in [-0.2, -0.15) is 5.26 Å². The van der Waals surface area contributed by atoms with E-state index in [2.05, 4.69) is 46.6 Å². The van der Waals surface area contributed by atoms with Gasteiger partial charge in [-0.25, -0.2) is 4.79 Å². The third-order valence-corrected chi connectivity index (χ3v) is 6.71. The maximum atomic E-state index is 12.8. The topological polar surface area (TPSA) is 59.4 Å². The zero-order valence-electron chi connectivity index (χ0n) is 16.1. The highest BCUT2D eigenvalue weighted by Crippen LogP contribution is 2.39. The van der Waals surface area contributed by atoms with E-state index in [-0.39, 0.29) is 23.4 Å². The van der Waals surface area contributed by atoms with Crippen LogP contribution < -0.4 is 5.32 Å². The van der Waals surface area contributed by atoms with Crippen LogP contribution in [0.15, 0.2) is 30.3 Å². The molecule has 5 nitrogen and oxygen atoms in total. The molecular weight excluding hydrogens is 336 g/mol. The lowest BCUT2D eigenvalue weighted by Gasteiger charge is -2.40. The van der Waals surface area contributed by atoms with Crippen LogP contribution in [0.1, 0.15) is 44.1 Å². The molecule has 2 heterocycles. The van der Waals surface area contributed by atoms with Gasteiger partial charge in [-0.15, -0.1) is 0 Å². The van der Waals surface area contributed by atoms with E-state index in [1.165, 1.54) is 18.4 Å². The second-order valence-electron chi connectivity index (χ2n) is 8.69. The highest BCUT2D eigenvalue weighted by Gasteiger charge is 2.43. The van der Waals surface area contributed by atoms with Gasteiger partial charge in [0.25, 0.3) is 0 Å². The van der Waals surface area contributed by atoms with Crippen molar-refractivity contribution < 1.29 is 4.79 Å². The second-order valence-corrected chi connectivity index (χ2v) is 8.69. The van der Waals surface area contributed by atoms with Crippen molar-refractivity contribution in [1.82, 2.24) is 15.1 Å². The fourth-order valence-electron chi connectivity index (χ4n) is 5.27. The second kappa shape index (κ2) is 7.90. The van der Waals surface area contributed by atoms with Crippen molar-refractivity contribution in [2.24, 2.45) is 11.3 Å². The summed E-state index contributed by atoms with van der Waals surface area (Å²) < 4.78 is 0. The van der Waals surface area contributed by atoms with Crippen LogP contribution in [-0.2, 0) is 6.54 Å². The van der Waals surface area contributed by atoms with Crippen LogP contribution in [0.25, 0.3) is 0 Å². The number of hydrogen-bond donors (Lipinski definition) is 1. The Bertz CT molecular complexity index is 700. The standard InChI is InChI=1S/C22H30N4O/c23-14-19-8-4-9-20(19)24-21(27)26-13-11-22(17-26)10-5-12-25(16-22)15-18-6-2-1-3-7-18/h1-3,6-7,19-20H,4-5,8-13,15-17H2,(H,24,27). The quantitative estimate of drug-likeness (QED) is 0.892. The number of nitrogens with one attached hydrogen (secondary N) is 1. The number of nitrogens with zero attached hydrogens (tertiary/aromatic N) is 3. The number of carbonyl (C=O) groups is 1. The first kappa shape index (κ1) is 18.3. The lowest BCUT2D eigenvalue weighted by atomic mass is 9.79. The van der Waals surface area contributed by atoms with Gasteiger partial charge in [0.1, 0.15) is 0 Å². The molecule has 0 radical (unpaired) electrons. The third-order valence-electron chi connectivity index (χ3n) is 6.71. The van der Waals surface area contributed by atoms with E-state index in [1.807, 2.05) is 4.90 Å². The van der Waals surface area contributed by atoms with Gasteiger partial charge in [-0.1, -0.05) is 30.3 Å². The minimum atomic E-state index is -0.0124. The van der Waals surface area contributed by atoms with Crippen molar-refractivity contribution >= 4 is 6.03 Å². The molecule has 2 aliphatic heterocycles. The zero-order chi connectivity index (χ0) is 18.7. The van der Waals surface area contributed by atoms with E-state index in [4.69, 9.17) is 0 Å². The van der Waals surface area contributed by atoms with Crippen molar-refractivity contribution in [3.8, 4) is 6.07 Å². The van der Waals surface area contributed by atoms with Gasteiger partial charge in [-0.05, 0) is 50.6 Å². The summed E-state index contributed by atoms with van der Waals surface area (Å²) in [4.78, 5) is 17.3. The molecular formula is C22H30N4O. The Morgan fingerprint density at radius 2 is 2.00 bits per heavy atom. The summed E-state index contributed by atoms with van der Waals surface area (Å²) in [7, 11) is 0. The van der Waals surface area contributed by atoms with Crippen LogP contribution in [0, 0.1) is 22.7 Å². The van der Waals surface area contributed by atoms with Crippen LogP contribution in [0.5, 0.6) is 0 Å². The molecule has 2 amide bonds. The Morgan fingerprint density at radius 1 is 1.15 bits per heavy atom. The predicted molar refractivity (Wildman–Crippen MR) is 105 cm³/mol. The first-order valence-electron chi connectivity index (χ1n) is 10.4. The van der Waals surface area contributed by atoms with E-state index >= 15 is 0 Å². The molecule has 1 saturated carbocycles. The molecule has 1 aromatic carbocycles. The number of urea groups is 1. The molecule has 0 aromatic heterocycles.